The van der Waals surface area contributed by atoms with Crippen LogP contribution in [0, 0.1) is 0 Å². The van der Waals surface area contributed by atoms with Gasteiger partial charge in [-0.25, -0.2) is 8.42 Å². The van der Waals surface area contributed by atoms with E-state index in [1.54, 1.807) is 26.0 Å². The fraction of sp³-hybridized carbons (Fsp3) is 0.385. The maximum Gasteiger partial charge on any atom is 0.243 e. The number of amides is 1. The van der Waals surface area contributed by atoms with Gasteiger partial charge >= 0.3 is 0 Å². The van der Waals surface area contributed by atoms with Crippen molar-refractivity contribution in [2.75, 3.05) is 19.6 Å². The molecule has 0 aromatic heterocycles. The van der Waals surface area contributed by atoms with Gasteiger partial charge in [-0.15, -0.1) is 0 Å². The lowest BCUT2D eigenvalue weighted by molar-refractivity contribution is -0.121. The molecule has 6 nitrogen and oxygen atoms in total. The molecule has 3 N–H and O–H groups in total. The summed E-state index contributed by atoms with van der Waals surface area (Å²) in [5.74, 6) is -0.339. The SMILES string of the molecule is CCNC(=O)CN(CC)S(=O)(=O)c1cccc(C(N)=S)c1. The molecule has 1 aromatic carbocycles. The summed E-state index contributed by atoms with van der Waals surface area (Å²) in [7, 11) is -3.76. The van der Waals surface area contributed by atoms with E-state index in [0.717, 1.165) is 4.31 Å². The minimum absolute atomic E-state index is 0.0685. The highest BCUT2D eigenvalue weighted by Gasteiger charge is 2.25. The Kier molecular flexibility index (Phi) is 6.25. The van der Waals surface area contributed by atoms with Crippen LogP contribution in [0.3, 0.4) is 0 Å². The number of thiocarbonyl (C=S) groups is 1. The normalized spacial score (nSPS) is 11.4. The van der Waals surface area contributed by atoms with Crippen molar-refractivity contribution in [2.24, 2.45) is 5.73 Å². The van der Waals surface area contributed by atoms with Gasteiger partial charge in [-0.1, -0.05) is 31.3 Å². The number of nitrogens with one attached hydrogen (secondary N) is 1. The van der Waals surface area contributed by atoms with Crippen LogP contribution in [-0.2, 0) is 14.8 Å². The Morgan fingerprint density at radius 2 is 2.05 bits per heavy atom. The molecule has 0 aliphatic heterocycles. The average Bonchev–Trinajstić information content (AvgIpc) is 2.45. The number of likely N-dealkylation sites (N-methyl/N-ethyl adjacent to an activating group) is 2. The number of rotatable bonds is 7. The predicted molar refractivity (Wildman–Crippen MR) is 85.4 cm³/mol. The van der Waals surface area contributed by atoms with Crippen molar-refractivity contribution in [3.05, 3.63) is 29.8 Å². The van der Waals surface area contributed by atoms with E-state index in [2.05, 4.69) is 5.32 Å². The highest BCUT2D eigenvalue weighted by molar-refractivity contribution is 7.89. The Morgan fingerprint density at radius 1 is 1.38 bits per heavy atom. The van der Waals surface area contributed by atoms with Gasteiger partial charge in [0, 0.05) is 18.7 Å². The average molecular weight is 329 g/mol. The number of benzene rings is 1. The molecule has 0 spiro atoms. The topological polar surface area (TPSA) is 92.5 Å². The molecule has 1 rings (SSSR count). The van der Waals surface area contributed by atoms with Crippen molar-refractivity contribution in [1.29, 1.82) is 0 Å². The van der Waals surface area contributed by atoms with Gasteiger partial charge in [-0.05, 0) is 19.1 Å². The number of nitrogens with zero attached hydrogens (tertiary/aromatic N) is 1. The quantitative estimate of drug-likeness (QED) is 0.709. The van der Waals surface area contributed by atoms with Crippen LogP contribution in [-0.4, -0.2) is 43.3 Å². The molecule has 0 bridgehead atoms. The second kappa shape index (κ2) is 7.48. The number of hydrogen-bond acceptors (Lipinski definition) is 4. The van der Waals surface area contributed by atoms with E-state index in [9.17, 15) is 13.2 Å². The van der Waals surface area contributed by atoms with Gasteiger partial charge in [0.05, 0.1) is 11.4 Å². The van der Waals surface area contributed by atoms with E-state index in [1.165, 1.54) is 12.1 Å². The van der Waals surface area contributed by atoms with E-state index in [4.69, 9.17) is 18.0 Å². The highest BCUT2D eigenvalue weighted by atomic mass is 32.2. The van der Waals surface area contributed by atoms with Crippen LogP contribution < -0.4 is 11.1 Å². The lowest BCUT2D eigenvalue weighted by Gasteiger charge is -2.20. The van der Waals surface area contributed by atoms with Gasteiger partial charge in [0.2, 0.25) is 15.9 Å². The molecule has 0 saturated carbocycles. The van der Waals surface area contributed by atoms with E-state index < -0.39 is 10.0 Å². The summed E-state index contributed by atoms with van der Waals surface area (Å²) in [4.78, 5) is 11.8. The maximum absolute atomic E-state index is 12.5. The standard InChI is InChI=1S/C13H19N3O3S2/c1-3-15-12(17)9-16(4-2)21(18,19)11-7-5-6-10(8-11)13(14)20/h5-8H,3-4,9H2,1-2H3,(H2,14,20)(H,15,17). The zero-order chi connectivity index (χ0) is 16.0. The molecule has 0 fully saturated rings. The molecule has 116 valence electrons. The Labute approximate surface area is 130 Å². The molecule has 0 unspecified atom stereocenters. The molecular formula is C13H19N3O3S2. The van der Waals surface area contributed by atoms with Crippen LogP contribution in [0.1, 0.15) is 19.4 Å². The van der Waals surface area contributed by atoms with E-state index in [1.807, 2.05) is 0 Å². The molecule has 8 heteroatoms. The van der Waals surface area contributed by atoms with Gasteiger partial charge in [0.15, 0.2) is 0 Å². The van der Waals surface area contributed by atoms with Crippen LogP contribution in [0.15, 0.2) is 29.2 Å². The zero-order valence-electron chi connectivity index (χ0n) is 12.0. The third-order valence-electron chi connectivity index (χ3n) is 2.80. The predicted octanol–water partition coefficient (Wildman–Crippen LogP) is 0.468. The Balaban J connectivity index is 3.10. The first-order valence-electron chi connectivity index (χ1n) is 6.49. The number of nitrogens with two attached hydrogens (primary N) is 1. The van der Waals surface area contributed by atoms with Gasteiger partial charge in [0.25, 0.3) is 0 Å². The third kappa shape index (κ3) is 4.48. The molecule has 1 aromatic rings. The minimum atomic E-state index is -3.76. The van der Waals surface area contributed by atoms with Crippen molar-refractivity contribution >= 4 is 33.1 Å². The monoisotopic (exact) mass is 329 g/mol. The summed E-state index contributed by atoms with van der Waals surface area (Å²) in [6.07, 6.45) is 0. The lowest BCUT2D eigenvalue weighted by atomic mass is 10.2. The van der Waals surface area contributed by atoms with Crippen molar-refractivity contribution in [3.8, 4) is 0 Å². The van der Waals surface area contributed by atoms with Crippen LogP contribution in [0.25, 0.3) is 0 Å². The van der Waals surface area contributed by atoms with E-state index >= 15 is 0 Å². The van der Waals surface area contributed by atoms with Crippen LogP contribution >= 0.6 is 12.2 Å². The van der Waals surface area contributed by atoms with Crippen LogP contribution in [0.5, 0.6) is 0 Å². The van der Waals surface area contributed by atoms with E-state index in [-0.39, 0.29) is 28.9 Å². The van der Waals surface area contributed by atoms with Crippen LogP contribution in [0.4, 0.5) is 0 Å². The molecule has 0 saturated heterocycles. The lowest BCUT2D eigenvalue weighted by Crippen LogP contribution is -2.40. The van der Waals surface area contributed by atoms with Gasteiger partial charge in [-0.2, -0.15) is 4.31 Å². The molecule has 0 atom stereocenters. The number of carbonyl (C=O) groups excluding carboxylic acids is 1. The molecule has 0 radical (unpaired) electrons. The first-order chi connectivity index (χ1) is 9.82. The highest BCUT2D eigenvalue weighted by Crippen LogP contribution is 2.17. The summed E-state index contributed by atoms with van der Waals surface area (Å²) < 4.78 is 26.2. The number of carbonyl (C=O) groups is 1. The summed E-state index contributed by atoms with van der Waals surface area (Å²) in [6.45, 7) is 3.87. The van der Waals surface area contributed by atoms with Crippen molar-refractivity contribution in [1.82, 2.24) is 9.62 Å². The van der Waals surface area contributed by atoms with Gasteiger partial charge in [-0.3, -0.25) is 4.79 Å². The smallest absolute Gasteiger partial charge is 0.243 e. The first kappa shape index (κ1) is 17.5. The van der Waals surface area contributed by atoms with Gasteiger partial charge < -0.3 is 11.1 Å². The molecular weight excluding hydrogens is 310 g/mol. The Bertz CT molecular complexity index is 629. The van der Waals surface area contributed by atoms with Crippen LogP contribution in [0.2, 0.25) is 0 Å². The Hall–Kier alpha value is -1.51. The van der Waals surface area contributed by atoms with Crippen molar-refractivity contribution in [2.45, 2.75) is 18.7 Å². The van der Waals surface area contributed by atoms with Crippen molar-refractivity contribution in [3.63, 3.8) is 0 Å². The third-order valence-corrected chi connectivity index (χ3v) is 4.96. The summed E-state index contributed by atoms with van der Waals surface area (Å²) in [5.41, 5.74) is 5.99. The number of sulfonamides is 1. The Morgan fingerprint density at radius 3 is 2.57 bits per heavy atom. The molecule has 0 aliphatic carbocycles. The van der Waals surface area contributed by atoms with Gasteiger partial charge in [0.1, 0.15) is 4.99 Å². The minimum Gasteiger partial charge on any atom is -0.389 e. The summed E-state index contributed by atoms with van der Waals surface area (Å²) in [6, 6.07) is 6.08. The molecule has 1 amide bonds. The van der Waals surface area contributed by atoms with E-state index in [0.29, 0.717) is 12.1 Å². The number of hydrogen-bond donors (Lipinski definition) is 2. The fourth-order valence-corrected chi connectivity index (χ4v) is 3.32. The first-order valence-corrected chi connectivity index (χ1v) is 8.34. The summed E-state index contributed by atoms with van der Waals surface area (Å²) >= 11 is 4.85. The molecule has 0 aliphatic rings. The maximum atomic E-state index is 12.5. The second-order valence-electron chi connectivity index (χ2n) is 4.28. The summed E-state index contributed by atoms with van der Waals surface area (Å²) in [5, 5.41) is 2.58. The largest absolute Gasteiger partial charge is 0.389 e. The fourth-order valence-electron chi connectivity index (χ4n) is 1.74. The molecule has 0 heterocycles. The molecule has 21 heavy (non-hydrogen) atoms. The zero-order valence-corrected chi connectivity index (χ0v) is 13.6. The van der Waals surface area contributed by atoms with Crippen molar-refractivity contribution < 1.29 is 13.2 Å². The second-order valence-corrected chi connectivity index (χ2v) is 6.65.